The second kappa shape index (κ2) is 8.49. The predicted octanol–water partition coefficient (Wildman–Crippen LogP) is 3.68. The highest BCUT2D eigenvalue weighted by Gasteiger charge is 2.11. The molecule has 0 saturated heterocycles. The van der Waals surface area contributed by atoms with Gasteiger partial charge in [0.1, 0.15) is 0 Å². The van der Waals surface area contributed by atoms with E-state index in [4.69, 9.17) is 4.74 Å². The van der Waals surface area contributed by atoms with Crippen LogP contribution in [0.15, 0.2) is 65.7 Å². The van der Waals surface area contributed by atoms with Crippen molar-refractivity contribution in [1.29, 1.82) is 0 Å². The van der Waals surface area contributed by atoms with Gasteiger partial charge in [-0.1, -0.05) is 24.3 Å². The van der Waals surface area contributed by atoms with Crippen LogP contribution in [-0.4, -0.2) is 29.7 Å². The molecule has 0 spiro atoms. The van der Waals surface area contributed by atoms with E-state index in [1.807, 2.05) is 60.9 Å². The monoisotopic (exact) mass is 366 g/mol. The van der Waals surface area contributed by atoms with Gasteiger partial charge in [-0.2, -0.15) is 0 Å². The van der Waals surface area contributed by atoms with Crippen LogP contribution in [0.3, 0.4) is 0 Å². The van der Waals surface area contributed by atoms with E-state index in [2.05, 4.69) is 10.3 Å². The zero-order valence-electron chi connectivity index (χ0n) is 14.3. The average molecular weight is 366 g/mol. The van der Waals surface area contributed by atoms with Crippen molar-refractivity contribution in [2.45, 2.75) is 11.3 Å². The molecule has 0 aliphatic heterocycles. The van der Waals surface area contributed by atoms with Gasteiger partial charge in [-0.3, -0.25) is 14.6 Å². The van der Waals surface area contributed by atoms with E-state index in [0.29, 0.717) is 5.69 Å². The van der Waals surface area contributed by atoms with E-state index in [-0.39, 0.29) is 18.9 Å². The normalized spacial score (nSPS) is 10.5. The number of aromatic nitrogens is 1. The van der Waals surface area contributed by atoms with Crippen molar-refractivity contribution >= 4 is 40.2 Å². The number of benzene rings is 2. The molecule has 1 heterocycles. The number of fused-ring (bicyclic) bond motifs is 1. The number of carbonyl (C=O) groups excluding carboxylic acids is 2. The van der Waals surface area contributed by atoms with Crippen LogP contribution in [0.5, 0.6) is 0 Å². The molecule has 132 valence electrons. The SMILES string of the molecule is CSc1ccc(NC(=O)COC(=O)Cc2cccc3cccnc23)cc1. The Morgan fingerprint density at radius 1 is 1.08 bits per heavy atom. The third-order valence-corrected chi connectivity index (χ3v) is 4.53. The highest BCUT2D eigenvalue weighted by Crippen LogP contribution is 2.18. The molecule has 6 heteroatoms. The van der Waals surface area contributed by atoms with Gasteiger partial charge < -0.3 is 10.1 Å². The van der Waals surface area contributed by atoms with Crippen LogP contribution < -0.4 is 5.32 Å². The summed E-state index contributed by atoms with van der Waals surface area (Å²) in [4.78, 5) is 29.4. The van der Waals surface area contributed by atoms with E-state index in [1.165, 1.54) is 0 Å². The standard InChI is InChI=1S/C20H18N2O3S/c1-26-17-9-7-16(8-10-17)22-18(23)13-25-19(24)12-15-5-2-4-14-6-3-11-21-20(14)15/h2-11H,12-13H2,1H3,(H,22,23). The van der Waals surface area contributed by atoms with Gasteiger partial charge in [0.15, 0.2) is 6.61 Å². The Labute approximate surface area is 155 Å². The Morgan fingerprint density at radius 2 is 1.85 bits per heavy atom. The number of rotatable bonds is 6. The summed E-state index contributed by atoms with van der Waals surface area (Å²) in [5.74, 6) is -0.831. The highest BCUT2D eigenvalue weighted by atomic mass is 32.2. The van der Waals surface area contributed by atoms with Crippen LogP contribution in [0, 0.1) is 0 Å². The fraction of sp³-hybridized carbons (Fsp3) is 0.150. The molecular weight excluding hydrogens is 348 g/mol. The molecule has 0 aliphatic carbocycles. The van der Waals surface area contributed by atoms with Crippen molar-refractivity contribution in [3.05, 3.63) is 66.4 Å². The molecule has 0 radical (unpaired) electrons. The van der Waals surface area contributed by atoms with Gasteiger partial charge in [-0.05, 0) is 42.2 Å². The molecule has 1 N–H and O–H groups in total. The summed E-state index contributed by atoms with van der Waals surface area (Å²) in [6.07, 6.45) is 3.75. The first kappa shape index (κ1) is 17.9. The number of pyridine rings is 1. The van der Waals surface area contributed by atoms with Crippen molar-refractivity contribution in [3.8, 4) is 0 Å². The number of thioether (sulfide) groups is 1. The minimum absolute atomic E-state index is 0.0735. The lowest BCUT2D eigenvalue weighted by atomic mass is 10.1. The number of anilines is 1. The van der Waals surface area contributed by atoms with Gasteiger partial charge in [-0.15, -0.1) is 11.8 Å². The second-order valence-corrected chi connectivity index (χ2v) is 6.49. The van der Waals surface area contributed by atoms with Gasteiger partial charge in [0.25, 0.3) is 5.91 Å². The Kier molecular flexibility index (Phi) is 5.86. The zero-order valence-corrected chi connectivity index (χ0v) is 15.1. The predicted molar refractivity (Wildman–Crippen MR) is 103 cm³/mol. The van der Waals surface area contributed by atoms with Crippen molar-refractivity contribution in [2.75, 3.05) is 18.2 Å². The minimum atomic E-state index is -0.462. The Balaban J connectivity index is 1.54. The molecule has 0 saturated carbocycles. The molecule has 5 nitrogen and oxygen atoms in total. The molecule has 0 aliphatic rings. The molecule has 1 amide bonds. The summed E-state index contributed by atoms with van der Waals surface area (Å²) in [5.41, 5.74) is 2.22. The summed E-state index contributed by atoms with van der Waals surface area (Å²) >= 11 is 1.62. The minimum Gasteiger partial charge on any atom is -0.455 e. The zero-order chi connectivity index (χ0) is 18.4. The fourth-order valence-corrected chi connectivity index (χ4v) is 2.94. The average Bonchev–Trinajstić information content (AvgIpc) is 2.67. The lowest BCUT2D eigenvalue weighted by Crippen LogP contribution is -2.21. The number of hydrogen-bond acceptors (Lipinski definition) is 5. The first-order valence-corrected chi connectivity index (χ1v) is 9.30. The van der Waals surface area contributed by atoms with E-state index in [0.717, 1.165) is 21.4 Å². The van der Waals surface area contributed by atoms with Gasteiger partial charge in [0.05, 0.1) is 11.9 Å². The van der Waals surface area contributed by atoms with Crippen molar-refractivity contribution in [2.24, 2.45) is 0 Å². The number of hydrogen-bond donors (Lipinski definition) is 1. The second-order valence-electron chi connectivity index (χ2n) is 5.61. The molecule has 1 aromatic heterocycles. The number of ether oxygens (including phenoxy) is 1. The van der Waals surface area contributed by atoms with Gasteiger partial charge in [0, 0.05) is 22.2 Å². The molecule has 2 aromatic carbocycles. The number of amides is 1. The fourth-order valence-electron chi connectivity index (χ4n) is 2.53. The third kappa shape index (κ3) is 4.61. The molecular formula is C20H18N2O3S. The lowest BCUT2D eigenvalue weighted by Gasteiger charge is -2.08. The summed E-state index contributed by atoms with van der Waals surface area (Å²) in [7, 11) is 0. The smallest absolute Gasteiger partial charge is 0.310 e. The largest absolute Gasteiger partial charge is 0.455 e. The molecule has 0 atom stereocenters. The van der Waals surface area contributed by atoms with Crippen LogP contribution in [0.2, 0.25) is 0 Å². The van der Waals surface area contributed by atoms with E-state index >= 15 is 0 Å². The Bertz CT molecular complexity index is 920. The first-order chi connectivity index (χ1) is 12.7. The van der Waals surface area contributed by atoms with Crippen molar-refractivity contribution in [3.63, 3.8) is 0 Å². The van der Waals surface area contributed by atoms with Crippen molar-refractivity contribution < 1.29 is 14.3 Å². The molecule has 0 bridgehead atoms. The summed E-state index contributed by atoms with van der Waals surface area (Å²) < 4.78 is 5.09. The number of para-hydroxylation sites is 1. The lowest BCUT2D eigenvalue weighted by molar-refractivity contribution is -0.146. The summed E-state index contributed by atoms with van der Waals surface area (Å²) in [6.45, 7) is -0.318. The van der Waals surface area contributed by atoms with Crippen LogP contribution in [0.25, 0.3) is 10.9 Å². The van der Waals surface area contributed by atoms with Crippen LogP contribution in [-0.2, 0) is 20.7 Å². The Morgan fingerprint density at radius 3 is 2.62 bits per heavy atom. The summed E-state index contributed by atoms with van der Waals surface area (Å²) in [6, 6.07) is 16.9. The molecule has 26 heavy (non-hydrogen) atoms. The topological polar surface area (TPSA) is 68.3 Å². The highest BCUT2D eigenvalue weighted by molar-refractivity contribution is 7.98. The van der Waals surface area contributed by atoms with E-state index in [9.17, 15) is 9.59 Å². The van der Waals surface area contributed by atoms with Gasteiger partial charge in [0.2, 0.25) is 0 Å². The van der Waals surface area contributed by atoms with Crippen LogP contribution in [0.1, 0.15) is 5.56 Å². The van der Waals surface area contributed by atoms with E-state index < -0.39 is 5.97 Å². The maximum absolute atomic E-state index is 12.1. The number of nitrogens with one attached hydrogen (secondary N) is 1. The first-order valence-electron chi connectivity index (χ1n) is 8.08. The van der Waals surface area contributed by atoms with Crippen molar-refractivity contribution in [1.82, 2.24) is 4.98 Å². The molecule has 0 fully saturated rings. The third-order valence-electron chi connectivity index (χ3n) is 3.79. The van der Waals surface area contributed by atoms with E-state index in [1.54, 1.807) is 18.0 Å². The maximum Gasteiger partial charge on any atom is 0.310 e. The molecule has 3 rings (SSSR count). The number of carbonyl (C=O) groups is 2. The molecule has 3 aromatic rings. The summed E-state index contributed by atoms with van der Waals surface area (Å²) in [5, 5.41) is 3.67. The Hall–Kier alpha value is -2.86. The van der Waals surface area contributed by atoms with Gasteiger partial charge in [-0.25, -0.2) is 0 Å². The van der Waals surface area contributed by atoms with Crippen LogP contribution in [0.4, 0.5) is 5.69 Å². The van der Waals surface area contributed by atoms with Crippen LogP contribution >= 0.6 is 11.8 Å². The quantitative estimate of drug-likeness (QED) is 0.532. The number of esters is 1. The van der Waals surface area contributed by atoms with Gasteiger partial charge >= 0.3 is 5.97 Å². The molecule has 0 unspecified atom stereocenters. The number of nitrogens with zero attached hydrogens (tertiary/aromatic N) is 1. The maximum atomic E-state index is 12.1.